The highest BCUT2D eigenvalue weighted by atomic mass is 32.2. The predicted octanol–water partition coefficient (Wildman–Crippen LogP) is 3.73. The van der Waals surface area contributed by atoms with Crippen molar-refractivity contribution in [2.75, 3.05) is 5.32 Å². The Morgan fingerprint density at radius 2 is 1.61 bits per heavy atom. The van der Waals surface area contributed by atoms with E-state index in [4.69, 9.17) is 4.74 Å². The molecule has 152 valence electrons. The number of carbonyl (C=O) groups excluding carboxylic acids is 1. The van der Waals surface area contributed by atoms with Gasteiger partial charge in [0.05, 0.1) is 4.90 Å². The number of benzene rings is 2. The van der Waals surface area contributed by atoms with E-state index in [1.54, 1.807) is 39.8 Å². The summed E-state index contributed by atoms with van der Waals surface area (Å²) < 4.78 is 32.9. The van der Waals surface area contributed by atoms with Gasteiger partial charge in [-0.05, 0) is 76.1 Å². The third-order valence-corrected chi connectivity index (χ3v) is 5.66. The lowest BCUT2D eigenvalue weighted by Crippen LogP contribution is -2.40. The number of ether oxygens (including phenoxy) is 1. The van der Waals surface area contributed by atoms with Crippen molar-refractivity contribution in [1.82, 2.24) is 4.72 Å². The summed E-state index contributed by atoms with van der Waals surface area (Å²) in [6, 6.07) is 13.6. The Balaban J connectivity index is 1.99. The van der Waals surface area contributed by atoms with Crippen LogP contribution >= 0.6 is 0 Å². The number of nitrogens with one attached hydrogen (secondary N) is 2. The van der Waals surface area contributed by atoms with Crippen LogP contribution in [0.5, 0.6) is 5.75 Å². The average Bonchev–Trinajstić information content (AvgIpc) is 2.60. The Hall–Kier alpha value is -2.38. The zero-order valence-corrected chi connectivity index (χ0v) is 17.8. The van der Waals surface area contributed by atoms with Crippen molar-refractivity contribution in [2.24, 2.45) is 0 Å². The first-order valence-corrected chi connectivity index (χ1v) is 10.7. The molecule has 7 heteroatoms. The Kier molecular flexibility index (Phi) is 6.85. The van der Waals surface area contributed by atoms with Crippen LogP contribution in [0.4, 0.5) is 5.69 Å². The lowest BCUT2D eigenvalue weighted by Gasteiger charge is -2.20. The second kappa shape index (κ2) is 8.75. The highest BCUT2D eigenvalue weighted by Gasteiger charge is 2.22. The van der Waals surface area contributed by atoms with Crippen LogP contribution in [0.25, 0.3) is 0 Å². The molecular formula is C21H28N2O4S. The zero-order valence-electron chi connectivity index (χ0n) is 16.9. The summed E-state index contributed by atoms with van der Waals surface area (Å²) in [7, 11) is -3.61. The van der Waals surface area contributed by atoms with E-state index in [0.717, 1.165) is 6.42 Å². The van der Waals surface area contributed by atoms with Crippen LogP contribution in [0.1, 0.15) is 40.2 Å². The van der Waals surface area contributed by atoms with Crippen molar-refractivity contribution in [3.8, 4) is 5.75 Å². The van der Waals surface area contributed by atoms with Gasteiger partial charge in [0.15, 0.2) is 6.10 Å². The molecule has 2 rings (SSSR count). The highest BCUT2D eigenvalue weighted by Crippen LogP contribution is 2.18. The van der Waals surface area contributed by atoms with E-state index in [1.165, 1.54) is 17.7 Å². The Morgan fingerprint density at radius 1 is 1.04 bits per heavy atom. The molecule has 1 atom stereocenters. The van der Waals surface area contributed by atoms with Crippen molar-refractivity contribution in [3.05, 3.63) is 54.1 Å². The molecule has 0 aliphatic heterocycles. The molecule has 2 aromatic carbocycles. The number of hydrogen-bond acceptors (Lipinski definition) is 4. The van der Waals surface area contributed by atoms with Gasteiger partial charge >= 0.3 is 0 Å². The van der Waals surface area contributed by atoms with Crippen LogP contribution in [-0.4, -0.2) is 26.0 Å². The van der Waals surface area contributed by atoms with Gasteiger partial charge in [-0.25, -0.2) is 13.1 Å². The number of aryl methyl sites for hydroxylation is 1. The van der Waals surface area contributed by atoms with E-state index in [1.807, 2.05) is 24.3 Å². The Bertz CT molecular complexity index is 899. The van der Waals surface area contributed by atoms with Crippen molar-refractivity contribution < 1.29 is 17.9 Å². The van der Waals surface area contributed by atoms with E-state index in [2.05, 4.69) is 17.0 Å². The summed E-state index contributed by atoms with van der Waals surface area (Å²) in [5, 5.41) is 2.73. The predicted molar refractivity (Wildman–Crippen MR) is 111 cm³/mol. The van der Waals surface area contributed by atoms with Crippen molar-refractivity contribution in [2.45, 2.75) is 57.6 Å². The molecular weight excluding hydrogens is 376 g/mol. The van der Waals surface area contributed by atoms with Crippen molar-refractivity contribution in [3.63, 3.8) is 0 Å². The van der Waals surface area contributed by atoms with Crippen LogP contribution in [0.3, 0.4) is 0 Å². The maximum atomic E-state index is 12.3. The maximum absolute atomic E-state index is 12.3. The number of anilines is 1. The van der Waals surface area contributed by atoms with E-state index in [0.29, 0.717) is 11.4 Å². The SMILES string of the molecule is CCc1ccc(O[C@@H](C)C(=O)Nc2ccc(S(=O)(=O)NC(C)(C)C)cc2)cc1. The van der Waals surface area contributed by atoms with Crippen molar-refractivity contribution >= 4 is 21.6 Å². The molecule has 1 amide bonds. The van der Waals surface area contributed by atoms with Gasteiger partial charge in [-0.3, -0.25) is 4.79 Å². The number of hydrogen-bond donors (Lipinski definition) is 2. The first kappa shape index (κ1) is 21.9. The number of carbonyl (C=O) groups is 1. The molecule has 0 aliphatic rings. The zero-order chi connectivity index (χ0) is 20.9. The minimum atomic E-state index is -3.61. The van der Waals surface area contributed by atoms with Gasteiger partial charge in [0.2, 0.25) is 10.0 Å². The van der Waals surface area contributed by atoms with Crippen LogP contribution in [0.2, 0.25) is 0 Å². The molecule has 0 unspecified atom stereocenters. The summed E-state index contributed by atoms with van der Waals surface area (Å²) in [4.78, 5) is 12.5. The standard InChI is InChI=1S/C21H28N2O4S/c1-6-16-7-11-18(12-8-16)27-15(2)20(24)22-17-9-13-19(14-10-17)28(25,26)23-21(3,4)5/h7-15,23H,6H2,1-5H3,(H,22,24)/t15-/m0/s1. The maximum Gasteiger partial charge on any atom is 0.265 e. The Labute approximate surface area is 167 Å². The van der Waals surface area contributed by atoms with Gasteiger partial charge in [0, 0.05) is 11.2 Å². The van der Waals surface area contributed by atoms with Gasteiger partial charge < -0.3 is 10.1 Å². The molecule has 0 fully saturated rings. The molecule has 0 saturated heterocycles. The monoisotopic (exact) mass is 404 g/mol. The quantitative estimate of drug-likeness (QED) is 0.736. The molecule has 2 aromatic rings. The number of amides is 1. The first-order valence-electron chi connectivity index (χ1n) is 9.20. The minimum Gasteiger partial charge on any atom is -0.481 e. The second-order valence-electron chi connectivity index (χ2n) is 7.63. The molecule has 28 heavy (non-hydrogen) atoms. The van der Waals surface area contributed by atoms with Gasteiger partial charge in [-0.2, -0.15) is 0 Å². The third-order valence-electron chi connectivity index (χ3n) is 3.89. The first-order chi connectivity index (χ1) is 13.0. The molecule has 0 radical (unpaired) electrons. The van der Waals surface area contributed by atoms with Gasteiger partial charge in [-0.15, -0.1) is 0 Å². The number of rotatable bonds is 7. The van der Waals surface area contributed by atoms with Crippen LogP contribution in [0.15, 0.2) is 53.4 Å². The smallest absolute Gasteiger partial charge is 0.265 e. The molecule has 0 saturated carbocycles. The second-order valence-corrected chi connectivity index (χ2v) is 9.31. The fourth-order valence-corrected chi connectivity index (χ4v) is 3.90. The third kappa shape index (κ3) is 6.35. The summed E-state index contributed by atoms with van der Waals surface area (Å²) in [6.07, 6.45) is 0.242. The lowest BCUT2D eigenvalue weighted by atomic mass is 10.1. The summed E-state index contributed by atoms with van der Waals surface area (Å²) in [6.45, 7) is 9.06. The van der Waals surface area contributed by atoms with Gasteiger partial charge in [0.1, 0.15) is 5.75 Å². The molecule has 0 spiro atoms. The topological polar surface area (TPSA) is 84.5 Å². The van der Waals surface area contributed by atoms with E-state index < -0.39 is 21.7 Å². The highest BCUT2D eigenvalue weighted by molar-refractivity contribution is 7.89. The fraction of sp³-hybridized carbons (Fsp3) is 0.381. The minimum absolute atomic E-state index is 0.140. The van der Waals surface area contributed by atoms with Gasteiger partial charge in [0.25, 0.3) is 5.91 Å². The largest absolute Gasteiger partial charge is 0.481 e. The van der Waals surface area contributed by atoms with E-state index >= 15 is 0 Å². The normalized spacial score (nSPS) is 13.0. The summed E-state index contributed by atoms with van der Waals surface area (Å²) in [5.41, 5.74) is 1.12. The fourth-order valence-electron chi connectivity index (χ4n) is 2.48. The molecule has 0 aromatic heterocycles. The molecule has 0 heterocycles. The van der Waals surface area contributed by atoms with Crippen LogP contribution in [0, 0.1) is 0 Å². The van der Waals surface area contributed by atoms with Crippen LogP contribution < -0.4 is 14.8 Å². The van der Waals surface area contributed by atoms with E-state index in [9.17, 15) is 13.2 Å². The van der Waals surface area contributed by atoms with Crippen molar-refractivity contribution in [1.29, 1.82) is 0 Å². The molecule has 0 bridgehead atoms. The van der Waals surface area contributed by atoms with E-state index in [-0.39, 0.29) is 10.8 Å². The molecule has 0 aliphatic carbocycles. The summed E-state index contributed by atoms with van der Waals surface area (Å²) >= 11 is 0. The average molecular weight is 405 g/mol. The Morgan fingerprint density at radius 3 is 2.11 bits per heavy atom. The van der Waals surface area contributed by atoms with Gasteiger partial charge in [-0.1, -0.05) is 19.1 Å². The summed E-state index contributed by atoms with van der Waals surface area (Å²) in [5.74, 6) is 0.303. The van der Waals surface area contributed by atoms with Crippen LogP contribution in [-0.2, 0) is 21.2 Å². The molecule has 6 nitrogen and oxygen atoms in total. The lowest BCUT2D eigenvalue weighted by molar-refractivity contribution is -0.122. The number of sulfonamides is 1. The molecule has 2 N–H and O–H groups in total.